The van der Waals surface area contributed by atoms with Crippen molar-refractivity contribution in [2.24, 2.45) is 0 Å². The van der Waals surface area contributed by atoms with Crippen LogP contribution in [0.3, 0.4) is 0 Å². The van der Waals surface area contributed by atoms with Crippen molar-refractivity contribution in [3.63, 3.8) is 0 Å². The standard InChI is InChI=1S/C38H43N3O3/c1-29(42)39-22-21-33-12-6-8-14-35(33)26-34-13-7-5-11-32(34)17-20-38(44)41-24-23-40(27-31-9-3-2-4-10-31)28-36(41)25-30-15-18-37(43)19-16-30/h2-16,18-19,36,43H,17,20-28H2,1H3,(H,39,42). The van der Waals surface area contributed by atoms with Gasteiger partial charge in [-0.3, -0.25) is 14.5 Å². The summed E-state index contributed by atoms with van der Waals surface area (Å²) < 4.78 is 0. The summed E-state index contributed by atoms with van der Waals surface area (Å²) in [4.78, 5) is 29.7. The first-order valence-corrected chi connectivity index (χ1v) is 15.7. The van der Waals surface area contributed by atoms with Gasteiger partial charge in [0.05, 0.1) is 0 Å². The molecule has 228 valence electrons. The van der Waals surface area contributed by atoms with E-state index < -0.39 is 0 Å². The van der Waals surface area contributed by atoms with Crippen molar-refractivity contribution in [3.8, 4) is 5.75 Å². The van der Waals surface area contributed by atoms with Crippen molar-refractivity contribution in [1.82, 2.24) is 15.1 Å². The van der Waals surface area contributed by atoms with Gasteiger partial charge in [0.2, 0.25) is 11.8 Å². The Kier molecular flexibility index (Phi) is 10.8. The van der Waals surface area contributed by atoms with Crippen LogP contribution >= 0.6 is 0 Å². The number of nitrogens with zero attached hydrogens (tertiary/aromatic N) is 2. The fraction of sp³-hybridized carbons (Fsp3) is 0.316. The topological polar surface area (TPSA) is 72.9 Å². The quantitative estimate of drug-likeness (QED) is 0.227. The second-order valence-corrected chi connectivity index (χ2v) is 11.8. The lowest BCUT2D eigenvalue weighted by Gasteiger charge is -2.42. The molecule has 0 aliphatic carbocycles. The number of benzene rings is 4. The lowest BCUT2D eigenvalue weighted by molar-refractivity contribution is -0.136. The van der Waals surface area contributed by atoms with E-state index in [4.69, 9.17) is 0 Å². The molecule has 0 radical (unpaired) electrons. The number of rotatable bonds is 12. The summed E-state index contributed by atoms with van der Waals surface area (Å²) >= 11 is 0. The van der Waals surface area contributed by atoms with Crippen LogP contribution in [0.5, 0.6) is 5.75 Å². The Morgan fingerprint density at radius 1 is 0.750 bits per heavy atom. The van der Waals surface area contributed by atoms with Gasteiger partial charge in [-0.2, -0.15) is 0 Å². The van der Waals surface area contributed by atoms with E-state index in [0.29, 0.717) is 25.9 Å². The summed E-state index contributed by atoms with van der Waals surface area (Å²) in [5.74, 6) is 0.434. The normalized spacial score (nSPS) is 15.2. The Morgan fingerprint density at radius 3 is 2.02 bits per heavy atom. The number of aromatic hydroxyl groups is 1. The number of piperazine rings is 1. The lowest BCUT2D eigenvalue weighted by Crippen LogP contribution is -2.55. The second kappa shape index (κ2) is 15.3. The van der Waals surface area contributed by atoms with Crippen molar-refractivity contribution in [3.05, 3.63) is 137 Å². The minimum Gasteiger partial charge on any atom is -0.508 e. The molecule has 0 aromatic heterocycles. The Balaban J connectivity index is 1.26. The maximum Gasteiger partial charge on any atom is 0.223 e. The molecular formula is C38H43N3O3. The largest absolute Gasteiger partial charge is 0.508 e. The van der Waals surface area contributed by atoms with E-state index >= 15 is 0 Å². The minimum atomic E-state index is -0.0135. The summed E-state index contributed by atoms with van der Waals surface area (Å²) in [6.45, 7) is 5.40. The average Bonchev–Trinajstić information content (AvgIpc) is 3.03. The summed E-state index contributed by atoms with van der Waals surface area (Å²) in [6.07, 6.45) is 3.49. The lowest BCUT2D eigenvalue weighted by atomic mass is 9.93. The number of phenolic OH excluding ortho intramolecular Hbond substituents is 1. The van der Waals surface area contributed by atoms with Crippen molar-refractivity contribution < 1.29 is 14.7 Å². The molecule has 1 aliphatic heterocycles. The van der Waals surface area contributed by atoms with Crippen LogP contribution in [0.1, 0.15) is 46.7 Å². The van der Waals surface area contributed by atoms with Crippen molar-refractivity contribution in [2.45, 2.75) is 51.6 Å². The Labute approximate surface area is 261 Å². The average molecular weight is 590 g/mol. The van der Waals surface area contributed by atoms with E-state index in [0.717, 1.165) is 44.5 Å². The smallest absolute Gasteiger partial charge is 0.223 e. The van der Waals surface area contributed by atoms with Crippen molar-refractivity contribution in [2.75, 3.05) is 26.2 Å². The molecular weight excluding hydrogens is 546 g/mol. The highest BCUT2D eigenvalue weighted by atomic mass is 16.3. The molecule has 1 saturated heterocycles. The van der Waals surface area contributed by atoms with Crippen LogP contribution < -0.4 is 5.32 Å². The van der Waals surface area contributed by atoms with Crippen molar-refractivity contribution >= 4 is 11.8 Å². The van der Waals surface area contributed by atoms with E-state index in [9.17, 15) is 14.7 Å². The van der Waals surface area contributed by atoms with Crippen LogP contribution in [0.4, 0.5) is 0 Å². The molecule has 2 amide bonds. The van der Waals surface area contributed by atoms with Crippen LogP contribution in [0.2, 0.25) is 0 Å². The van der Waals surface area contributed by atoms with Gasteiger partial charge in [0, 0.05) is 52.1 Å². The van der Waals surface area contributed by atoms with E-state index in [1.165, 1.54) is 27.8 Å². The Hall–Kier alpha value is -4.42. The number of carbonyl (C=O) groups excluding carboxylic acids is 2. The molecule has 0 saturated carbocycles. The van der Waals surface area contributed by atoms with Crippen LogP contribution in [0.15, 0.2) is 103 Å². The number of nitrogens with one attached hydrogen (secondary N) is 1. The second-order valence-electron chi connectivity index (χ2n) is 11.8. The van der Waals surface area contributed by atoms with Gasteiger partial charge in [-0.05, 0) is 71.2 Å². The van der Waals surface area contributed by atoms with Gasteiger partial charge in [0.15, 0.2) is 0 Å². The Bertz CT molecular complexity index is 1520. The molecule has 2 N–H and O–H groups in total. The molecule has 1 fully saturated rings. The van der Waals surface area contributed by atoms with Crippen LogP contribution in [-0.2, 0) is 41.8 Å². The Morgan fingerprint density at radius 2 is 1.36 bits per heavy atom. The maximum absolute atomic E-state index is 13.8. The number of amides is 2. The molecule has 5 rings (SSSR count). The first-order chi connectivity index (χ1) is 21.4. The van der Waals surface area contributed by atoms with Gasteiger partial charge in [-0.1, -0.05) is 91.0 Å². The fourth-order valence-corrected chi connectivity index (χ4v) is 6.22. The molecule has 4 aromatic rings. The van der Waals surface area contributed by atoms with E-state index in [-0.39, 0.29) is 23.6 Å². The fourth-order valence-electron chi connectivity index (χ4n) is 6.22. The zero-order valence-corrected chi connectivity index (χ0v) is 25.6. The molecule has 1 atom stereocenters. The number of hydrogen-bond acceptors (Lipinski definition) is 4. The van der Waals surface area contributed by atoms with Crippen LogP contribution in [0.25, 0.3) is 0 Å². The van der Waals surface area contributed by atoms with Gasteiger partial charge in [-0.15, -0.1) is 0 Å². The van der Waals surface area contributed by atoms with Gasteiger partial charge in [-0.25, -0.2) is 0 Å². The summed E-state index contributed by atoms with van der Waals surface area (Å²) in [7, 11) is 0. The minimum absolute atomic E-state index is 0.0135. The van der Waals surface area contributed by atoms with E-state index in [1.54, 1.807) is 19.1 Å². The molecule has 1 heterocycles. The number of hydrogen-bond donors (Lipinski definition) is 2. The highest BCUT2D eigenvalue weighted by molar-refractivity contribution is 5.77. The first kappa shape index (κ1) is 31.0. The SMILES string of the molecule is CC(=O)NCCc1ccccc1Cc1ccccc1CCC(=O)N1CCN(Cc2ccccc2)CC1Cc1ccc(O)cc1. The third kappa shape index (κ3) is 8.80. The van der Waals surface area contributed by atoms with Gasteiger partial charge in [0.1, 0.15) is 5.75 Å². The monoisotopic (exact) mass is 589 g/mol. The third-order valence-corrected chi connectivity index (χ3v) is 8.54. The van der Waals surface area contributed by atoms with Gasteiger partial charge < -0.3 is 15.3 Å². The molecule has 6 nitrogen and oxygen atoms in total. The molecule has 1 unspecified atom stereocenters. The molecule has 44 heavy (non-hydrogen) atoms. The van der Waals surface area contributed by atoms with Crippen molar-refractivity contribution in [1.29, 1.82) is 0 Å². The highest BCUT2D eigenvalue weighted by Gasteiger charge is 2.30. The van der Waals surface area contributed by atoms with E-state index in [1.807, 2.05) is 24.3 Å². The van der Waals surface area contributed by atoms with Crippen LogP contribution in [0, 0.1) is 0 Å². The highest BCUT2D eigenvalue weighted by Crippen LogP contribution is 2.23. The number of phenols is 1. The molecule has 0 bridgehead atoms. The van der Waals surface area contributed by atoms with Gasteiger partial charge in [0.25, 0.3) is 0 Å². The third-order valence-electron chi connectivity index (χ3n) is 8.54. The maximum atomic E-state index is 13.8. The summed E-state index contributed by atoms with van der Waals surface area (Å²) in [5.41, 5.74) is 7.33. The molecule has 0 spiro atoms. The first-order valence-electron chi connectivity index (χ1n) is 15.7. The van der Waals surface area contributed by atoms with E-state index in [2.05, 4.69) is 81.8 Å². The predicted octanol–water partition coefficient (Wildman–Crippen LogP) is 5.55. The zero-order chi connectivity index (χ0) is 30.7. The zero-order valence-electron chi connectivity index (χ0n) is 25.6. The van der Waals surface area contributed by atoms with Crippen LogP contribution in [-0.4, -0.2) is 58.9 Å². The predicted molar refractivity (Wildman–Crippen MR) is 175 cm³/mol. The summed E-state index contributed by atoms with van der Waals surface area (Å²) in [5, 5.41) is 12.7. The molecule has 4 aromatic carbocycles. The molecule has 6 heteroatoms. The van der Waals surface area contributed by atoms with Gasteiger partial charge >= 0.3 is 0 Å². The summed E-state index contributed by atoms with van der Waals surface area (Å²) in [6, 6.07) is 34.8. The number of carbonyl (C=O) groups is 2. The number of aryl methyl sites for hydroxylation is 1. The molecule has 1 aliphatic rings.